The molecule has 2 rings (SSSR count). The predicted octanol–water partition coefficient (Wildman–Crippen LogP) is 4.65. The van der Waals surface area contributed by atoms with Gasteiger partial charge in [0.2, 0.25) is 0 Å². The zero-order valence-electron chi connectivity index (χ0n) is 10.9. The number of benzene rings is 2. The number of nitrogens with one attached hydrogen (secondary N) is 1. The number of carbonyl (C=O) groups excluding carboxylic acids is 1. The van der Waals surface area contributed by atoms with E-state index >= 15 is 0 Å². The Kier molecular flexibility index (Phi) is 5.91. The first-order chi connectivity index (χ1) is 10.1. The van der Waals surface area contributed by atoms with Gasteiger partial charge in [-0.3, -0.25) is 4.79 Å². The Morgan fingerprint density at radius 1 is 1.14 bits per heavy atom. The largest absolute Gasteiger partial charge is 0.351 e. The highest BCUT2D eigenvalue weighted by molar-refractivity contribution is 7.99. The summed E-state index contributed by atoms with van der Waals surface area (Å²) in [7, 11) is 0. The van der Waals surface area contributed by atoms with Crippen LogP contribution in [0.4, 0.5) is 4.39 Å². The maximum absolute atomic E-state index is 13.4. The molecule has 0 atom stereocenters. The van der Waals surface area contributed by atoms with Crippen LogP contribution in [0.5, 0.6) is 0 Å². The molecule has 2 nitrogen and oxygen atoms in total. The van der Waals surface area contributed by atoms with E-state index in [4.69, 9.17) is 23.2 Å². The fraction of sp³-hybridized carbons (Fsp3) is 0.133. The third kappa shape index (κ3) is 4.63. The van der Waals surface area contributed by atoms with Gasteiger partial charge in [-0.05, 0) is 24.3 Å². The molecule has 1 amide bonds. The second kappa shape index (κ2) is 7.69. The van der Waals surface area contributed by atoms with E-state index in [1.54, 1.807) is 11.8 Å². The molecule has 21 heavy (non-hydrogen) atoms. The van der Waals surface area contributed by atoms with Crippen molar-refractivity contribution >= 4 is 40.9 Å². The average molecular weight is 344 g/mol. The van der Waals surface area contributed by atoms with E-state index in [0.29, 0.717) is 12.3 Å². The molecule has 110 valence electrons. The van der Waals surface area contributed by atoms with E-state index in [2.05, 4.69) is 5.32 Å². The monoisotopic (exact) mass is 343 g/mol. The van der Waals surface area contributed by atoms with Crippen molar-refractivity contribution < 1.29 is 9.18 Å². The topological polar surface area (TPSA) is 29.1 Å². The summed E-state index contributed by atoms with van der Waals surface area (Å²) >= 11 is 13.1. The van der Waals surface area contributed by atoms with Crippen LogP contribution in [0.25, 0.3) is 0 Å². The molecule has 0 aliphatic rings. The van der Waals surface area contributed by atoms with E-state index < -0.39 is 11.7 Å². The van der Waals surface area contributed by atoms with E-state index in [1.165, 1.54) is 6.07 Å². The van der Waals surface area contributed by atoms with Crippen LogP contribution in [0, 0.1) is 5.82 Å². The van der Waals surface area contributed by atoms with E-state index in [0.717, 1.165) is 11.0 Å². The van der Waals surface area contributed by atoms with Crippen molar-refractivity contribution in [2.45, 2.75) is 4.90 Å². The van der Waals surface area contributed by atoms with Crippen LogP contribution in [-0.2, 0) is 0 Å². The predicted molar refractivity (Wildman–Crippen MR) is 85.9 cm³/mol. The van der Waals surface area contributed by atoms with Crippen molar-refractivity contribution in [3.63, 3.8) is 0 Å². The fourth-order valence-electron chi connectivity index (χ4n) is 1.64. The number of thioether (sulfide) groups is 1. The Hall–Kier alpha value is -1.23. The smallest absolute Gasteiger partial charge is 0.252 e. The Balaban J connectivity index is 1.86. The molecule has 6 heteroatoms. The molecule has 0 aromatic heterocycles. The lowest BCUT2D eigenvalue weighted by Gasteiger charge is -2.07. The lowest BCUT2D eigenvalue weighted by Crippen LogP contribution is -2.26. The van der Waals surface area contributed by atoms with Crippen molar-refractivity contribution in [3.05, 3.63) is 63.9 Å². The van der Waals surface area contributed by atoms with Crippen LogP contribution in [-0.4, -0.2) is 18.2 Å². The molecule has 0 bridgehead atoms. The second-order valence-electron chi connectivity index (χ2n) is 4.16. The van der Waals surface area contributed by atoms with Crippen LogP contribution < -0.4 is 5.32 Å². The van der Waals surface area contributed by atoms with Crippen LogP contribution in [0.3, 0.4) is 0 Å². The summed E-state index contributed by atoms with van der Waals surface area (Å²) in [6.45, 7) is 0.457. The highest BCUT2D eigenvalue weighted by atomic mass is 35.5. The normalized spacial score (nSPS) is 10.4. The molecule has 1 N–H and O–H groups in total. The maximum Gasteiger partial charge on any atom is 0.252 e. The molecular weight excluding hydrogens is 332 g/mol. The van der Waals surface area contributed by atoms with Gasteiger partial charge in [0.15, 0.2) is 0 Å². The zero-order valence-corrected chi connectivity index (χ0v) is 13.2. The number of halogens is 3. The van der Waals surface area contributed by atoms with Gasteiger partial charge in [-0.2, -0.15) is 0 Å². The van der Waals surface area contributed by atoms with Crippen LogP contribution in [0.2, 0.25) is 10.0 Å². The molecule has 2 aromatic rings. The van der Waals surface area contributed by atoms with Crippen molar-refractivity contribution in [2.24, 2.45) is 0 Å². The van der Waals surface area contributed by atoms with Gasteiger partial charge in [0.25, 0.3) is 5.91 Å². The fourth-order valence-corrected chi connectivity index (χ4v) is 2.90. The van der Waals surface area contributed by atoms with E-state index in [9.17, 15) is 9.18 Å². The minimum Gasteiger partial charge on any atom is -0.351 e. The van der Waals surface area contributed by atoms with Gasteiger partial charge in [0, 0.05) is 17.2 Å². The number of amides is 1. The van der Waals surface area contributed by atoms with Crippen LogP contribution in [0.1, 0.15) is 10.4 Å². The SMILES string of the molecule is O=C(NCCSc1ccccc1)c1cc(F)c(Cl)cc1Cl. The first kappa shape index (κ1) is 16.1. The Morgan fingerprint density at radius 3 is 2.57 bits per heavy atom. The van der Waals surface area contributed by atoms with Crippen molar-refractivity contribution in [2.75, 3.05) is 12.3 Å². The molecule has 2 aromatic carbocycles. The molecule has 0 aliphatic carbocycles. The summed E-state index contributed by atoms with van der Waals surface area (Å²) in [5, 5.41) is 2.74. The standard InChI is InChI=1S/C15H12Cl2FNOS/c16-12-9-13(17)14(18)8-11(12)15(20)19-6-7-21-10-4-2-1-3-5-10/h1-5,8-9H,6-7H2,(H,19,20). The molecule has 0 spiro atoms. The van der Waals surface area contributed by atoms with E-state index in [1.807, 2.05) is 30.3 Å². The van der Waals surface area contributed by atoms with Gasteiger partial charge in [-0.25, -0.2) is 4.39 Å². The summed E-state index contributed by atoms with van der Waals surface area (Å²) in [6.07, 6.45) is 0. The lowest BCUT2D eigenvalue weighted by atomic mass is 10.2. The number of rotatable bonds is 5. The minimum atomic E-state index is -0.662. The molecule has 0 aliphatic heterocycles. The third-order valence-electron chi connectivity index (χ3n) is 2.65. The number of hydrogen-bond donors (Lipinski definition) is 1. The molecule has 0 radical (unpaired) electrons. The highest BCUT2D eigenvalue weighted by Crippen LogP contribution is 2.24. The first-order valence-corrected chi connectivity index (χ1v) is 7.92. The zero-order chi connectivity index (χ0) is 15.2. The van der Waals surface area contributed by atoms with Gasteiger partial charge in [-0.1, -0.05) is 41.4 Å². The maximum atomic E-state index is 13.4. The van der Waals surface area contributed by atoms with Crippen molar-refractivity contribution in [1.29, 1.82) is 0 Å². The van der Waals surface area contributed by atoms with Crippen molar-refractivity contribution in [3.8, 4) is 0 Å². The van der Waals surface area contributed by atoms with Crippen molar-refractivity contribution in [1.82, 2.24) is 5.32 Å². The van der Waals surface area contributed by atoms with Gasteiger partial charge in [0.05, 0.1) is 15.6 Å². The quantitative estimate of drug-likeness (QED) is 0.486. The molecule has 0 unspecified atom stereocenters. The Bertz CT molecular complexity index is 637. The Morgan fingerprint density at radius 2 is 1.86 bits per heavy atom. The number of hydrogen-bond acceptors (Lipinski definition) is 2. The number of carbonyl (C=O) groups is 1. The van der Waals surface area contributed by atoms with Crippen LogP contribution in [0.15, 0.2) is 47.4 Å². The van der Waals surface area contributed by atoms with Gasteiger partial charge in [-0.15, -0.1) is 11.8 Å². The summed E-state index contributed by atoms with van der Waals surface area (Å²) < 4.78 is 13.4. The molecule has 0 saturated carbocycles. The first-order valence-electron chi connectivity index (χ1n) is 6.18. The van der Waals surface area contributed by atoms with E-state index in [-0.39, 0.29) is 15.6 Å². The molecule has 0 fully saturated rings. The van der Waals surface area contributed by atoms with Crippen LogP contribution >= 0.6 is 35.0 Å². The second-order valence-corrected chi connectivity index (χ2v) is 6.15. The summed E-state index contributed by atoms with van der Waals surface area (Å²) in [6, 6.07) is 12.1. The Labute approximate surface area is 136 Å². The summed E-state index contributed by atoms with van der Waals surface area (Å²) in [5.74, 6) is -0.363. The minimum absolute atomic E-state index is 0.0864. The molecule has 0 saturated heterocycles. The molecule has 0 heterocycles. The van der Waals surface area contributed by atoms with Gasteiger partial charge >= 0.3 is 0 Å². The lowest BCUT2D eigenvalue weighted by molar-refractivity contribution is 0.0956. The summed E-state index contributed by atoms with van der Waals surface area (Å²) in [4.78, 5) is 13.1. The molecular formula is C15H12Cl2FNOS. The van der Waals surface area contributed by atoms with Gasteiger partial charge < -0.3 is 5.32 Å². The highest BCUT2D eigenvalue weighted by Gasteiger charge is 2.13. The average Bonchev–Trinajstić information content (AvgIpc) is 2.48. The summed E-state index contributed by atoms with van der Waals surface area (Å²) in [5.41, 5.74) is 0.0864. The van der Waals surface area contributed by atoms with Gasteiger partial charge in [0.1, 0.15) is 5.82 Å². The third-order valence-corrected chi connectivity index (χ3v) is 4.27.